The first kappa shape index (κ1) is 16.6. The Kier molecular flexibility index (Phi) is 6.35. The highest BCUT2D eigenvalue weighted by Crippen LogP contribution is 2.27. The normalized spacial score (nSPS) is 12.1. The van der Waals surface area contributed by atoms with Crippen LogP contribution in [0.4, 0.5) is 0 Å². The first-order chi connectivity index (χ1) is 10.1. The van der Waals surface area contributed by atoms with Crippen molar-refractivity contribution in [3.05, 3.63) is 34.9 Å². The summed E-state index contributed by atoms with van der Waals surface area (Å²) < 4.78 is 1.72. The molecule has 0 radical (unpaired) electrons. The van der Waals surface area contributed by atoms with Crippen molar-refractivity contribution in [2.75, 3.05) is 12.0 Å². The summed E-state index contributed by atoms with van der Waals surface area (Å²) in [5.74, 6) is 0.310. The van der Waals surface area contributed by atoms with Crippen molar-refractivity contribution in [3.8, 4) is 0 Å². The van der Waals surface area contributed by atoms with Crippen LogP contribution in [0.5, 0.6) is 0 Å². The number of rotatable bonds is 6. The Bertz CT molecular complexity index is 603. The number of thioether (sulfide) groups is 2. The van der Waals surface area contributed by atoms with Crippen molar-refractivity contribution < 1.29 is 4.79 Å². The largest absolute Gasteiger partial charge is 0.349 e. The standard InChI is InChI=1S/C13H14ClN3OS3/c1-8(9-3-5-10(14)6-4-9)15-11(18)7-20-13-17-16-12(19-2)21-13/h3-6,8H,7H2,1-2H3,(H,15,18). The van der Waals surface area contributed by atoms with Gasteiger partial charge >= 0.3 is 0 Å². The van der Waals surface area contributed by atoms with Crippen LogP contribution < -0.4 is 5.32 Å². The van der Waals surface area contributed by atoms with E-state index in [4.69, 9.17) is 11.6 Å². The number of hydrogen-bond acceptors (Lipinski definition) is 6. The number of amides is 1. The van der Waals surface area contributed by atoms with E-state index < -0.39 is 0 Å². The van der Waals surface area contributed by atoms with E-state index in [2.05, 4.69) is 15.5 Å². The maximum absolute atomic E-state index is 11.9. The van der Waals surface area contributed by atoms with Gasteiger partial charge in [-0.15, -0.1) is 10.2 Å². The third kappa shape index (κ3) is 5.18. The molecule has 0 aliphatic heterocycles. The molecular formula is C13H14ClN3OS3. The lowest BCUT2D eigenvalue weighted by Gasteiger charge is -2.13. The third-order valence-corrected chi connectivity index (χ3v) is 5.92. The number of nitrogens with zero attached hydrogens (tertiary/aromatic N) is 2. The van der Waals surface area contributed by atoms with Crippen LogP contribution in [0, 0.1) is 0 Å². The zero-order valence-electron chi connectivity index (χ0n) is 11.5. The fourth-order valence-electron chi connectivity index (χ4n) is 1.58. The second kappa shape index (κ2) is 8.03. The number of carbonyl (C=O) groups excluding carboxylic acids is 1. The van der Waals surface area contributed by atoms with E-state index in [0.29, 0.717) is 10.8 Å². The summed E-state index contributed by atoms with van der Waals surface area (Å²) in [4.78, 5) is 11.9. The molecule has 4 nitrogen and oxygen atoms in total. The van der Waals surface area contributed by atoms with Crippen LogP contribution in [0.25, 0.3) is 0 Å². The van der Waals surface area contributed by atoms with Crippen molar-refractivity contribution in [1.82, 2.24) is 15.5 Å². The van der Waals surface area contributed by atoms with Gasteiger partial charge in [0, 0.05) is 5.02 Å². The highest BCUT2D eigenvalue weighted by atomic mass is 35.5. The van der Waals surface area contributed by atoms with Crippen molar-refractivity contribution in [2.24, 2.45) is 0 Å². The Hall–Kier alpha value is -0.760. The quantitative estimate of drug-likeness (QED) is 0.793. The molecule has 2 aromatic rings. The Morgan fingerprint density at radius 1 is 1.33 bits per heavy atom. The fraction of sp³-hybridized carbons (Fsp3) is 0.308. The van der Waals surface area contributed by atoms with E-state index in [9.17, 15) is 4.79 Å². The molecule has 1 N–H and O–H groups in total. The topological polar surface area (TPSA) is 54.9 Å². The molecule has 0 spiro atoms. The maximum atomic E-state index is 11.9. The molecule has 112 valence electrons. The second-order valence-electron chi connectivity index (χ2n) is 4.17. The van der Waals surface area contributed by atoms with Gasteiger partial charge in [0.25, 0.3) is 0 Å². The zero-order valence-corrected chi connectivity index (χ0v) is 14.7. The summed E-state index contributed by atoms with van der Waals surface area (Å²) >= 11 is 10.3. The number of nitrogens with one attached hydrogen (secondary N) is 1. The molecule has 0 bridgehead atoms. The maximum Gasteiger partial charge on any atom is 0.230 e. The highest BCUT2D eigenvalue weighted by molar-refractivity contribution is 8.03. The third-order valence-electron chi connectivity index (χ3n) is 2.64. The van der Waals surface area contributed by atoms with Gasteiger partial charge in [0.2, 0.25) is 5.91 Å². The highest BCUT2D eigenvalue weighted by Gasteiger charge is 2.11. The molecule has 0 fully saturated rings. The molecule has 1 amide bonds. The Labute approximate surface area is 141 Å². The molecule has 21 heavy (non-hydrogen) atoms. The Morgan fingerprint density at radius 3 is 2.62 bits per heavy atom. The molecule has 1 unspecified atom stereocenters. The molecule has 1 aromatic carbocycles. The van der Waals surface area contributed by atoms with Crippen LogP contribution in [0.2, 0.25) is 5.02 Å². The number of aromatic nitrogens is 2. The molecule has 0 saturated carbocycles. The summed E-state index contributed by atoms with van der Waals surface area (Å²) in [6.07, 6.45) is 1.95. The molecule has 1 atom stereocenters. The van der Waals surface area contributed by atoms with Gasteiger partial charge in [-0.1, -0.05) is 58.6 Å². The lowest BCUT2D eigenvalue weighted by Crippen LogP contribution is -2.28. The van der Waals surface area contributed by atoms with Gasteiger partial charge in [0.05, 0.1) is 11.8 Å². The molecular weight excluding hydrogens is 346 g/mol. The van der Waals surface area contributed by atoms with Gasteiger partial charge in [-0.2, -0.15) is 0 Å². The first-order valence-corrected chi connectivity index (χ1v) is 9.54. The van der Waals surface area contributed by atoms with Gasteiger partial charge < -0.3 is 5.32 Å². The smallest absolute Gasteiger partial charge is 0.230 e. The number of carbonyl (C=O) groups is 1. The van der Waals surface area contributed by atoms with E-state index in [-0.39, 0.29) is 11.9 Å². The van der Waals surface area contributed by atoms with E-state index in [1.54, 1.807) is 11.8 Å². The summed E-state index contributed by atoms with van der Waals surface area (Å²) in [6, 6.07) is 7.41. The fourth-order valence-corrected chi connectivity index (χ4v) is 3.96. The monoisotopic (exact) mass is 359 g/mol. The van der Waals surface area contributed by atoms with Crippen LogP contribution in [-0.4, -0.2) is 28.1 Å². The van der Waals surface area contributed by atoms with E-state index in [1.807, 2.05) is 37.4 Å². The molecule has 0 saturated heterocycles. The number of halogens is 1. The summed E-state index contributed by atoms with van der Waals surface area (Å²) in [6.45, 7) is 1.95. The lowest BCUT2D eigenvalue weighted by atomic mass is 10.1. The number of hydrogen-bond donors (Lipinski definition) is 1. The summed E-state index contributed by atoms with van der Waals surface area (Å²) in [5.41, 5.74) is 1.03. The van der Waals surface area contributed by atoms with Gasteiger partial charge in [-0.25, -0.2) is 0 Å². The minimum absolute atomic E-state index is 0.0247. The van der Waals surface area contributed by atoms with Crippen molar-refractivity contribution >= 4 is 52.4 Å². The van der Waals surface area contributed by atoms with Crippen molar-refractivity contribution in [2.45, 2.75) is 21.6 Å². The van der Waals surface area contributed by atoms with Crippen molar-refractivity contribution in [1.29, 1.82) is 0 Å². The van der Waals surface area contributed by atoms with E-state index in [0.717, 1.165) is 14.2 Å². The van der Waals surface area contributed by atoms with Crippen LogP contribution >= 0.6 is 46.5 Å². The minimum Gasteiger partial charge on any atom is -0.349 e. The molecule has 0 aliphatic carbocycles. The molecule has 1 heterocycles. The molecule has 2 rings (SSSR count). The van der Waals surface area contributed by atoms with Crippen LogP contribution in [-0.2, 0) is 4.79 Å². The first-order valence-electron chi connectivity index (χ1n) is 6.13. The van der Waals surface area contributed by atoms with Gasteiger partial charge in [-0.3, -0.25) is 4.79 Å². The summed E-state index contributed by atoms with van der Waals surface area (Å²) in [5, 5.41) is 11.7. The SMILES string of the molecule is CSc1nnc(SCC(=O)NC(C)c2ccc(Cl)cc2)s1. The molecule has 8 heteroatoms. The number of benzene rings is 1. The van der Waals surface area contributed by atoms with Crippen LogP contribution in [0.3, 0.4) is 0 Å². The predicted molar refractivity (Wildman–Crippen MR) is 90.4 cm³/mol. The van der Waals surface area contributed by atoms with Gasteiger partial charge in [0.15, 0.2) is 8.68 Å². The summed E-state index contributed by atoms with van der Waals surface area (Å²) in [7, 11) is 0. The zero-order chi connectivity index (χ0) is 15.2. The predicted octanol–water partition coefficient (Wildman–Crippen LogP) is 3.88. The van der Waals surface area contributed by atoms with Crippen LogP contribution in [0.1, 0.15) is 18.5 Å². The van der Waals surface area contributed by atoms with Gasteiger partial charge in [-0.05, 0) is 30.9 Å². The Morgan fingerprint density at radius 2 is 2.00 bits per heavy atom. The van der Waals surface area contributed by atoms with Gasteiger partial charge in [0.1, 0.15) is 0 Å². The van der Waals surface area contributed by atoms with E-state index in [1.165, 1.54) is 23.1 Å². The molecule has 1 aromatic heterocycles. The minimum atomic E-state index is -0.0495. The lowest BCUT2D eigenvalue weighted by molar-refractivity contribution is -0.119. The average Bonchev–Trinajstić information content (AvgIpc) is 2.94. The molecule has 0 aliphatic rings. The van der Waals surface area contributed by atoms with Crippen molar-refractivity contribution in [3.63, 3.8) is 0 Å². The second-order valence-corrected chi connectivity index (χ2v) is 7.86. The van der Waals surface area contributed by atoms with E-state index >= 15 is 0 Å². The Balaban J connectivity index is 1.82. The van der Waals surface area contributed by atoms with Crippen LogP contribution in [0.15, 0.2) is 32.9 Å². The average molecular weight is 360 g/mol.